The van der Waals surface area contributed by atoms with Crippen molar-refractivity contribution in [3.8, 4) is 5.75 Å². The average molecular weight is 327 g/mol. The monoisotopic (exact) mass is 326 g/mol. The SMILES string of the molecule is CN(CCOc1ccc(Br)cc1)CC1CCCCN1. The van der Waals surface area contributed by atoms with Gasteiger partial charge in [-0.15, -0.1) is 0 Å². The zero-order valence-electron chi connectivity index (χ0n) is 11.6. The molecule has 1 aromatic carbocycles. The first-order chi connectivity index (χ1) is 9.24. The van der Waals surface area contributed by atoms with Crippen molar-refractivity contribution in [3.05, 3.63) is 28.7 Å². The Kier molecular flexibility index (Phi) is 6.14. The highest BCUT2D eigenvalue weighted by molar-refractivity contribution is 9.10. The van der Waals surface area contributed by atoms with Crippen LogP contribution in [0.25, 0.3) is 0 Å². The first-order valence-electron chi connectivity index (χ1n) is 7.04. The zero-order chi connectivity index (χ0) is 13.5. The van der Waals surface area contributed by atoms with E-state index in [0.717, 1.165) is 29.9 Å². The summed E-state index contributed by atoms with van der Waals surface area (Å²) >= 11 is 3.42. The molecule has 1 aliphatic heterocycles. The molecule has 2 rings (SSSR count). The quantitative estimate of drug-likeness (QED) is 0.869. The van der Waals surface area contributed by atoms with Crippen molar-refractivity contribution in [3.63, 3.8) is 0 Å². The third-order valence-corrected chi connectivity index (χ3v) is 4.03. The van der Waals surface area contributed by atoms with Gasteiger partial charge in [0.1, 0.15) is 12.4 Å². The summed E-state index contributed by atoms with van der Waals surface area (Å²) in [5, 5.41) is 3.58. The van der Waals surface area contributed by atoms with Crippen molar-refractivity contribution in [2.24, 2.45) is 0 Å². The van der Waals surface area contributed by atoms with Crippen LogP contribution in [-0.4, -0.2) is 44.2 Å². The Morgan fingerprint density at radius 3 is 2.79 bits per heavy atom. The fraction of sp³-hybridized carbons (Fsp3) is 0.600. The molecule has 1 fully saturated rings. The van der Waals surface area contributed by atoms with E-state index in [1.54, 1.807) is 0 Å². The van der Waals surface area contributed by atoms with E-state index in [1.807, 2.05) is 24.3 Å². The predicted molar refractivity (Wildman–Crippen MR) is 82.8 cm³/mol. The highest BCUT2D eigenvalue weighted by Crippen LogP contribution is 2.16. The van der Waals surface area contributed by atoms with E-state index in [2.05, 4.69) is 33.2 Å². The van der Waals surface area contributed by atoms with Gasteiger partial charge in [0, 0.05) is 23.6 Å². The lowest BCUT2D eigenvalue weighted by atomic mass is 10.0. The normalized spacial score (nSPS) is 19.6. The van der Waals surface area contributed by atoms with Gasteiger partial charge in [0.15, 0.2) is 0 Å². The smallest absolute Gasteiger partial charge is 0.119 e. The van der Waals surface area contributed by atoms with Gasteiger partial charge in [-0.25, -0.2) is 0 Å². The molecule has 0 amide bonds. The van der Waals surface area contributed by atoms with Crippen molar-refractivity contribution >= 4 is 15.9 Å². The van der Waals surface area contributed by atoms with Crippen LogP contribution in [0.1, 0.15) is 19.3 Å². The van der Waals surface area contributed by atoms with Crippen LogP contribution in [0.5, 0.6) is 5.75 Å². The Morgan fingerprint density at radius 2 is 2.11 bits per heavy atom. The molecule has 1 saturated heterocycles. The Balaban J connectivity index is 1.63. The summed E-state index contributed by atoms with van der Waals surface area (Å²) in [6.07, 6.45) is 3.99. The van der Waals surface area contributed by atoms with E-state index < -0.39 is 0 Å². The second kappa shape index (κ2) is 7.88. The zero-order valence-corrected chi connectivity index (χ0v) is 13.2. The number of nitrogens with one attached hydrogen (secondary N) is 1. The maximum atomic E-state index is 5.74. The van der Waals surface area contributed by atoms with E-state index in [4.69, 9.17) is 4.74 Å². The molecule has 1 aliphatic rings. The molecule has 0 aromatic heterocycles. The fourth-order valence-corrected chi connectivity index (χ4v) is 2.66. The number of hydrogen-bond acceptors (Lipinski definition) is 3. The largest absolute Gasteiger partial charge is 0.492 e. The van der Waals surface area contributed by atoms with Crippen LogP contribution in [0, 0.1) is 0 Å². The summed E-state index contributed by atoms with van der Waals surface area (Å²) in [4.78, 5) is 2.35. The van der Waals surface area contributed by atoms with E-state index >= 15 is 0 Å². The molecule has 0 spiro atoms. The van der Waals surface area contributed by atoms with Gasteiger partial charge in [-0.3, -0.25) is 0 Å². The number of rotatable bonds is 6. The number of ether oxygens (including phenoxy) is 1. The number of benzene rings is 1. The lowest BCUT2D eigenvalue weighted by molar-refractivity contribution is 0.211. The molecule has 106 valence electrons. The van der Waals surface area contributed by atoms with Gasteiger partial charge >= 0.3 is 0 Å². The van der Waals surface area contributed by atoms with Gasteiger partial charge in [0.05, 0.1) is 0 Å². The molecule has 0 bridgehead atoms. The summed E-state index contributed by atoms with van der Waals surface area (Å²) in [5.74, 6) is 0.937. The maximum Gasteiger partial charge on any atom is 0.119 e. The topological polar surface area (TPSA) is 24.5 Å². The molecule has 1 unspecified atom stereocenters. The molecular formula is C15H23BrN2O. The highest BCUT2D eigenvalue weighted by Gasteiger charge is 2.14. The Hall–Kier alpha value is -0.580. The number of piperidine rings is 1. The minimum Gasteiger partial charge on any atom is -0.492 e. The third-order valence-electron chi connectivity index (χ3n) is 3.50. The van der Waals surface area contributed by atoms with Crippen LogP contribution in [0.2, 0.25) is 0 Å². The van der Waals surface area contributed by atoms with Crippen LogP contribution >= 0.6 is 15.9 Å². The van der Waals surface area contributed by atoms with Crippen molar-refractivity contribution in [2.45, 2.75) is 25.3 Å². The molecule has 1 atom stereocenters. The number of hydrogen-bond donors (Lipinski definition) is 1. The molecule has 4 heteroatoms. The van der Waals surface area contributed by atoms with Crippen molar-refractivity contribution < 1.29 is 4.74 Å². The van der Waals surface area contributed by atoms with Crippen LogP contribution in [-0.2, 0) is 0 Å². The van der Waals surface area contributed by atoms with Crippen LogP contribution in [0.3, 0.4) is 0 Å². The van der Waals surface area contributed by atoms with Gasteiger partial charge in [0.2, 0.25) is 0 Å². The molecule has 0 saturated carbocycles. The van der Waals surface area contributed by atoms with E-state index in [1.165, 1.54) is 25.8 Å². The Bertz CT molecular complexity index is 363. The molecule has 3 nitrogen and oxygen atoms in total. The first kappa shape index (κ1) is 14.8. The molecule has 0 aliphatic carbocycles. The van der Waals surface area contributed by atoms with Gasteiger partial charge in [-0.05, 0) is 50.7 Å². The Labute approximate surface area is 124 Å². The molecule has 1 N–H and O–H groups in total. The summed E-state index contributed by atoms with van der Waals surface area (Å²) < 4.78 is 6.82. The summed E-state index contributed by atoms with van der Waals surface area (Å²) in [6.45, 7) is 4.00. The second-order valence-corrected chi connectivity index (χ2v) is 6.13. The highest BCUT2D eigenvalue weighted by atomic mass is 79.9. The van der Waals surface area contributed by atoms with E-state index in [-0.39, 0.29) is 0 Å². The maximum absolute atomic E-state index is 5.74. The number of nitrogens with zero attached hydrogens (tertiary/aromatic N) is 1. The van der Waals surface area contributed by atoms with Gasteiger partial charge < -0.3 is 15.0 Å². The summed E-state index contributed by atoms with van der Waals surface area (Å²) in [5.41, 5.74) is 0. The molecule has 0 radical (unpaired) electrons. The molecular weight excluding hydrogens is 304 g/mol. The average Bonchev–Trinajstić information content (AvgIpc) is 2.42. The van der Waals surface area contributed by atoms with Crippen molar-refractivity contribution in [1.29, 1.82) is 0 Å². The van der Waals surface area contributed by atoms with Gasteiger partial charge in [-0.2, -0.15) is 0 Å². The van der Waals surface area contributed by atoms with E-state index in [9.17, 15) is 0 Å². The lowest BCUT2D eigenvalue weighted by Gasteiger charge is -2.28. The third kappa shape index (κ3) is 5.51. The Morgan fingerprint density at radius 1 is 1.32 bits per heavy atom. The first-order valence-corrected chi connectivity index (χ1v) is 7.83. The van der Waals surface area contributed by atoms with Crippen molar-refractivity contribution in [1.82, 2.24) is 10.2 Å². The second-order valence-electron chi connectivity index (χ2n) is 5.21. The lowest BCUT2D eigenvalue weighted by Crippen LogP contribution is -2.43. The van der Waals surface area contributed by atoms with Gasteiger partial charge in [-0.1, -0.05) is 22.4 Å². The predicted octanol–water partition coefficient (Wildman–Crippen LogP) is 2.90. The number of halogens is 1. The minimum atomic E-state index is 0.659. The van der Waals surface area contributed by atoms with Crippen LogP contribution in [0.4, 0.5) is 0 Å². The van der Waals surface area contributed by atoms with Crippen LogP contribution < -0.4 is 10.1 Å². The molecule has 1 aromatic rings. The van der Waals surface area contributed by atoms with Crippen molar-refractivity contribution in [2.75, 3.05) is 33.3 Å². The summed E-state index contributed by atoms with van der Waals surface area (Å²) in [7, 11) is 2.17. The minimum absolute atomic E-state index is 0.659. The number of likely N-dealkylation sites (N-methyl/N-ethyl adjacent to an activating group) is 1. The molecule has 1 heterocycles. The summed E-state index contributed by atoms with van der Waals surface area (Å²) in [6, 6.07) is 8.65. The molecule has 19 heavy (non-hydrogen) atoms. The van der Waals surface area contributed by atoms with Gasteiger partial charge in [0.25, 0.3) is 0 Å². The standard InChI is InChI=1S/C15H23BrN2O/c1-18(12-14-4-2-3-9-17-14)10-11-19-15-7-5-13(16)6-8-15/h5-8,14,17H,2-4,9-12H2,1H3. The van der Waals surface area contributed by atoms with E-state index in [0.29, 0.717) is 6.04 Å². The fourth-order valence-electron chi connectivity index (χ4n) is 2.40. The van der Waals surface area contributed by atoms with Crippen LogP contribution in [0.15, 0.2) is 28.7 Å².